The van der Waals surface area contributed by atoms with E-state index in [1.54, 1.807) is 13.0 Å². The predicted molar refractivity (Wildman–Crippen MR) is 59.2 cm³/mol. The first-order valence-electron chi connectivity index (χ1n) is 4.65. The largest absolute Gasteiger partial charge is 0.466 e. The van der Waals surface area contributed by atoms with Crippen LogP contribution in [0.3, 0.4) is 0 Å². The van der Waals surface area contributed by atoms with E-state index in [-0.39, 0.29) is 18.2 Å². The van der Waals surface area contributed by atoms with Gasteiger partial charge >= 0.3 is 5.97 Å². The summed E-state index contributed by atoms with van der Waals surface area (Å²) in [5.74, 6) is -0.702. The van der Waals surface area contributed by atoms with Crippen LogP contribution in [0.1, 0.15) is 18.1 Å². The molecule has 15 heavy (non-hydrogen) atoms. The predicted octanol–water partition coefficient (Wildman–Crippen LogP) is 3.00. The molecule has 0 radical (unpaired) electrons. The van der Waals surface area contributed by atoms with Crippen molar-refractivity contribution in [3.63, 3.8) is 0 Å². The third-order valence-corrected chi connectivity index (χ3v) is 2.91. The number of carbonyl (C=O) groups excluding carboxylic acids is 1. The molecular formula is C11H12BrFO2. The quantitative estimate of drug-likeness (QED) is 0.793. The van der Waals surface area contributed by atoms with Gasteiger partial charge in [-0.2, -0.15) is 0 Å². The number of rotatable bonds is 3. The van der Waals surface area contributed by atoms with Crippen molar-refractivity contribution < 1.29 is 13.9 Å². The van der Waals surface area contributed by atoms with Gasteiger partial charge in [-0.1, -0.05) is 6.07 Å². The van der Waals surface area contributed by atoms with E-state index in [1.165, 1.54) is 6.07 Å². The van der Waals surface area contributed by atoms with Gasteiger partial charge in [0.05, 0.1) is 17.5 Å². The molecule has 1 rings (SSSR count). The molecule has 0 unspecified atom stereocenters. The summed E-state index contributed by atoms with van der Waals surface area (Å²) in [7, 11) is 0. The van der Waals surface area contributed by atoms with Crippen LogP contribution in [0.5, 0.6) is 0 Å². The molecule has 1 aromatic rings. The van der Waals surface area contributed by atoms with Crippen LogP contribution in [0.25, 0.3) is 0 Å². The van der Waals surface area contributed by atoms with Crippen molar-refractivity contribution in [3.05, 3.63) is 33.5 Å². The topological polar surface area (TPSA) is 26.3 Å². The second-order valence-electron chi connectivity index (χ2n) is 3.14. The van der Waals surface area contributed by atoms with Gasteiger partial charge < -0.3 is 4.74 Å². The fourth-order valence-electron chi connectivity index (χ4n) is 1.26. The molecule has 0 aromatic heterocycles. The standard InChI is InChI=1S/C11H12BrFO2/c1-3-15-10(14)6-8-7(2)4-5-9(13)11(8)12/h4-5H,3,6H2,1-2H3. The number of carbonyl (C=O) groups is 1. The molecule has 82 valence electrons. The Labute approximate surface area is 96.6 Å². The smallest absolute Gasteiger partial charge is 0.310 e. The summed E-state index contributed by atoms with van der Waals surface area (Å²) < 4.78 is 18.4. The van der Waals surface area contributed by atoms with E-state index in [9.17, 15) is 9.18 Å². The van der Waals surface area contributed by atoms with Crippen molar-refractivity contribution in [2.24, 2.45) is 0 Å². The summed E-state index contributed by atoms with van der Waals surface area (Å²) >= 11 is 3.13. The zero-order valence-electron chi connectivity index (χ0n) is 8.64. The minimum atomic E-state index is -0.361. The third kappa shape index (κ3) is 3.02. The first-order chi connectivity index (χ1) is 7.06. The highest BCUT2D eigenvalue weighted by Gasteiger charge is 2.13. The fourth-order valence-corrected chi connectivity index (χ4v) is 1.85. The zero-order chi connectivity index (χ0) is 11.4. The average Bonchev–Trinajstić information content (AvgIpc) is 2.19. The highest BCUT2D eigenvalue weighted by molar-refractivity contribution is 9.10. The normalized spacial score (nSPS) is 10.1. The number of halogens is 2. The Bertz CT molecular complexity index is 377. The molecule has 1 aromatic carbocycles. The van der Waals surface area contributed by atoms with E-state index in [2.05, 4.69) is 15.9 Å². The van der Waals surface area contributed by atoms with Crippen LogP contribution in [0.4, 0.5) is 4.39 Å². The van der Waals surface area contributed by atoms with Crippen molar-refractivity contribution >= 4 is 21.9 Å². The van der Waals surface area contributed by atoms with Gasteiger partial charge in [-0.05, 0) is 47.0 Å². The van der Waals surface area contributed by atoms with Gasteiger partial charge in [-0.3, -0.25) is 4.79 Å². The number of hydrogen-bond donors (Lipinski definition) is 0. The summed E-state index contributed by atoms with van der Waals surface area (Å²) in [6.07, 6.45) is 0.0953. The van der Waals surface area contributed by atoms with E-state index >= 15 is 0 Å². The maximum Gasteiger partial charge on any atom is 0.310 e. The maximum absolute atomic E-state index is 13.2. The van der Waals surface area contributed by atoms with Crippen LogP contribution < -0.4 is 0 Å². The Morgan fingerprint density at radius 2 is 2.20 bits per heavy atom. The molecule has 0 aliphatic rings. The van der Waals surface area contributed by atoms with Crippen molar-refractivity contribution in [1.82, 2.24) is 0 Å². The van der Waals surface area contributed by atoms with Crippen molar-refractivity contribution in [3.8, 4) is 0 Å². The molecule has 0 fully saturated rings. The van der Waals surface area contributed by atoms with Gasteiger partial charge in [-0.15, -0.1) is 0 Å². The lowest BCUT2D eigenvalue weighted by atomic mass is 10.1. The third-order valence-electron chi connectivity index (χ3n) is 2.06. The molecule has 0 atom stereocenters. The Morgan fingerprint density at radius 3 is 2.80 bits per heavy atom. The van der Waals surface area contributed by atoms with E-state index in [4.69, 9.17) is 4.74 Å². The van der Waals surface area contributed by atoms with Gasteiger partial charge in [0.2, 0.25) is 0 Å². The molecule has 2 nitrogen and oxygen atoms in total. The fraction of sp³-hybridized carbons (Fsp3) is 0.364. The molecule has 0 saturated carbocycles. The summed E-state index contributed by atoms with van der Waals surface area (Å²) in [5.41, 5.74) is 1.52. The zero-order valence-corrected chi connectivity index (χ0v) is 10.2. The highest BCUT2D eigenvalue weighted by Crippen LogP contribution is 2.24. The molecule has 0 saturated heterocycles. The Hall–Kier alpha value is -0.900. The monoisotopic (exact) mass is 274 g/mol. The lowest BCUT2D eigenvalue weighted by Crippen LogP contribution is -2.09. The first kappa shape index (κ1) is 12.2. The van der Waals surface area contributed by atoms with Crippen molar-refractivity contribution in [2.75, 3.05) is 6.61 Å². The minimum absolute atomic E-state index is 0.0953. The van der Waals surface area contributed by atoms with Crippen molar-refractivity contribution in [1.29, 1.82) is 0 Å². The lowest BCUT2D eigenvalue weighted by molar-refractivity contribution is -0.142. The Kier molecular flexibility index (Phi) is 4.27. The van der Waals surface area contributed by atoms with Gasteiger partial charge in [0, 0.05) is 0 Å². The maximum atomic E-state index is 13.2. The molecule has 0 N–H and O–H groups in total. The van der Waals surface area contributed by atoms with Crippen molar-refractivity contribution in [2.45, 2.75) is 20.3 Å². The number of aryl methyl sites for hydroxylation is 1. The van der Waals surface area contributed by atoms with E-state index in [0.717, 1.165) is 5.56 Å². The summed E-state index contributed by atoms with van der Waals surface area (Å²) in [6, 6.07) is 3.02. The van der Waals surface area contributed by atoms with Gasteiger partial charge in [0.1, 0.15) is 5.82 Å². The SMILES string of the molecule is CCOC(=O)Cc1c(C)ccc(F)c1Br. The molecule has 0 amide bonds. The van der Waals surface area contributed by atoms with E-state index < -0.39 is 0 Å². The minimum Gasteiger partial charge on any atom is -0.466 e. The lowest BCUT2D eigenvalue weighted by Gasteiger charge is -2.08. The second kappa shape index (κ2) is 5.26. The molecule has 0 aliphatic heterocycles. The first-order valence-corrected chi connectivity index (χ1v) is 5.44. The second-order valence-corrected chi connectivity index (χ2v) is 3.93. The summed E-state index contributed by atoms with van der Waals surface area (Å²) in [6.45, 7) is 3.91. The number of hydrogen-bond acceptors (Lipinski definition) is 2. The molecule has 0 spiro atoms. The van der Waals surface area contributed by atoms with Crippen LogP contribution in [0, 0.1) is 12.7 Å². The number of benzene rings is 1. The van der Waals surface area contributed by atoms with Gasteiger partial charge in [-0.25, -0.2) is 4.39 Å². The molecule has 0 heterocycles. The van der Waals surface area contributed by atoms with Gasteiger partial charge in [0.25, 0.3) is 0 Å². The van der Waals surface area contributed by atoms with Gasteiger partial charge in [0.15, 0.2) is 0 Å². The molecule has 0 aliphatic carbocycles. The molecular weight excluding hydrogens is 263 g/mol. The summed E-state index contributed by atoms with van der Waals surface area (Å²) in [4.78, 5) is 11.3. The van der Waals surface area contributed by atoms with E-state index in [1.807, 2.05) is 6.92 Å². The summed E-state index contributed by atoms with van der Waals surface area (Å²) in [5, 5.41) is 0. The van der Waals surface area contributed by atoms with Crippen LogP contribution in [0.15, 0.2) is 16.6 Å². The highest BCUT2D eigenvalue weighted by atomic mass is 79.9. The Balaban J connectivity index is 2.93. The number of esters is 1. The van der Waals surface area contributed by atoms with E-state index in [0.29, 0.717) is 16.6 Å². The Morgan fingerprint density at radius 1 is 1.53 bits per heavy atom. The average molecular weight is 275 g/mol. The molecule has 0 bridgehead atoms. The molecule has 4 heteroatoms. The van der Waals surface area contributed by atoms with Crippen LogP contribution >= 0.6 is 15.9 Å². The van der Waals surface area contributed by atoms with Crippen LogP contribution in [0.2, 0.25) is 0 Å². The van der Waals surface area contributed by atoms with Crippen LogP contribution in [-0.4, -0.2) is 12.6 Å². The van der Waals surface area contributed by atoms with Crippen LogP contribution in [-0.2, 0) is 16.0 Å². The number of ether oxygens (including phenoxy) is 1.